The largest absolute Gasteiger partial charge is 0.390 e. The minimum atomic E-state index is -0.833. The Bertz CT molecular complexity index is 1200. The zero-order valence-corrected chi connectivity index (χ0v) is 19.5. The highest BCUT2D eigenvalue weighted by molar-refractivity contribution is 5.86. The number of benzene rings is 1. The van der Waals surface area contributed by atoms with Gasteiger partial charge in [-0.1, -0.05) is 44.2 Å². The van der Waals surface area contributed by atoms with Gasteiger partial charge in [-0.2, -0.15) is 0 Å². The van der Waals surface area contributed by atoms with E-state index in [1.807, 2.05) is 19.3 Å². The minimum Gasteiger partial charge on any atom is -0.390 e. The van der Waals surface area contributed by atoms with Gasteiger partial charge in [-0.05, 0) is 89.7 Å². The molecule has 4 aliphatic rings. The van der Waals surface area contributed by atoms with Crippen LogP contribution in [0.5, 0.6) is 0 Å². The van der Waals surface area contributed by atoms with Gasteiger partial charge in [-0.3, -0.25) is 4.98 Å². The number of hydrogen-bond acceptors (Lipinski definition) is 4. The molecule has 2 fully saturated rings. The van der Waals surface area contributed by atoms with Crippen LogP contribution in [0.15, 0.2) is 66.0 Å². The van der Waals surface area contributed by atoms with Gasteiger partial charge in [0.25, 0.3) is 0 Å². The van der Waals surface area contributed by atoms with Crippen molar-refractivity contribution in [1.82, 2.24) is 4.98 Å². The Balaban J connectivity index is 1.30. The van der Waals surface area contributed by atoms with Crippen LogP contribution < -0.4 is 0 Å². The predicted octanol–water partition coefficient (Wildman–Crippen LogP) is 5.35. The van der Waals surface area contributed by atoms with E-state index in [2.05, 4.69) is 54.4 Å². The highest BCUT2D eigenvalue weighted by atomic mass is 16.5. The summed E-state index contributed by atoms with van der Waals surface area (Å²) in [7, 11) is 0. The van der Waals surface area contributed by atoms with Crippen LogP contribution in [0.4, 0.5) is 0 Å². The fraction of sp³-hybridized carbons (Fsp3) is 0.483. The summed E-state index contributed by atoms with van der Waals surface area (Å²) in [6.45, 7) is 4.38. The standard InChI is InChI=1S/C29H33NO3/c1-18-16-29-12-8-25(33-29)21(15-24(29)27(32)26(18)31)7-11-28(2)10-3-4-23(28)20-6-5-19-9-13-30-17-22(19)14-20/h4-7,9,13-15,17-18,25-27,31-32H,3,8,10-12,16H2,1-2H3. The molecule has 1 saturated carbocycles. The number of rotatable bonds is 3. The molecule has 4 heteroatoms. The number of nitrogens with zero attached hydrogens (tertiary/aromatic N) is 1. The molecule has 2 aliphatic carbocycles. The Hall–Kier alpha value is -2.27. The Morgan fingerprint density at radius 2 is 2.06 bits per heavy atom. The molecule has 1 saturated heterocycles. The van der Waals surface area contributed by atoms with Crippen LogP contribution in [0.25, 0.3) is 16.3 Å². The van der Waals surface area contributed by atoms with Crippen LogP contribution >= 0.6 is 0 Å². The maximum absolute atomic E-state index is 10.8. The normalized spacial score (nSPS) is 39.0. The smallest absolute Gasteiger partial charge is 0.104 e. The average molecular weight is 444 g/mol. The second kappa shape index (κ2) is 7.63. The molecule has 33 heavy (non-hydrogen) atoms. The number of aromatic nitrogens is 1. The minimum absolute atomic E-state index is 0.0451. The van der Waals surface area contributed by atoms with Crippen molar-refractivity contribution in [3.05, 3.63) is 71.6 Å². The summed E-state index contributed by atoms with van der Waals surface area (Å²) >= 11 is 0. The van der Waals surface area contributed by atoms with Gasteiger partial charge in [0.1, 0.15) is 6.10 Å². The van der Waals surface area contributed by atoms with E-state index < -0.39 is 12.2 Å². The summed E-state index contributed by atoms with van der Waals surface area (Å²) in [6.07, 6.45) is 15.1. The highest BCUT2D eigenvalue weighted by Gasteiger charge is 2.54. The van der Waals surface area contributed by atoms with Crippen LogP contribution in [0.1, 0.15) is 57.9 Å². The quantitative estimate of drug-likeness (QED) is 0.671. The molecule has 4 nitrogen and oxygen atoms in total. The summed E-state index contributed by atoms with van der Waals surface area (Å²) in [5, 5.41) is 23.7. The lowest BCUT2D eigenvalue weighted by molar-refractivity contribution is -0.103. The summed E-state index contributed by atoms with van der Waals surface area (Å²) in [6, 6.07) is 8.76. The zero-order chi connectivity index (χ0) is 22.8. The van der Waals surface area contributed by atoms with E-state index in [-0.39, 0.29) is 23.0 Å². The van der Waals surface area contributed by atoms with Gasteiger partial charge >= 0.3 is 0 Å². The Kier molecular flexibility index (Phi) is 4.92. The van der Waals surface area contributed by atoms with E-state index in [0.29, 0.717) is 0 Å². The van der Waals surface area contributed by atoms with Gasteiger partial charge in [-0.25, -0.2) is 0 Å². The summed E-state index contributed by atoms with van der Waals surface area (Å²) in [5.74, 6) is 0.0451. The topological polar surface area (TPSA) is 62.6 Å². The number of ether oxygens (including phenoxy) is 1. The molecule has 3 heterocycles. The second-order valence-corrected chi connectivity index (χ2v) is 10.9. The highest BCUT2D eigenvalue weighted by Crippen LogP contribution is 2.53. The third-order valence-electron chi connectivity index (χ3n) is 8.71. The molecule has 1 spiro atoms. The molecule has 1 aromatic carbocycles. The fourth-order valence-corrected chi connectivity index (χ4v) is 6.74. The lowest BCUT2D eigenvalue weighted by Crippen LogP contribution is -2.52. The summed E-state index contributed by atoms with van der Waals surface area (Å²) in [4.78, 5) is 4.30. The first-order valence-corrected chi connectivity index (χ1v) is 12.4. The van der Waals surface area contributed by atoms with E-state index in [1.165, 1.54) is 27.5 Å². The van der Waals surface area contributed by atoms with Crippen molar-refractivity contribution in [2.45, 2.75) is 76.3 Å². The molecule has 2 aromatic rings. The van der Waals surface area contributed by atoms with E-state index in [9.17, 15) is 10.2 Å². The fourth-order valence-electron chi connectivity index (χ4n) is 6.74. The van der Waals surface area contributed by atoms with Crippen LogP contribution in [-0.4, -0.2) is 39.1 Å². The molecule has 2 aliphatic heterocycles. The van der Waals surface area contributed by atoms with Crippen LogP contribution in [0.2, 0.25) is 0 Å². The van der Waals surface area contributed by atoms with Gasteiger partial charge in [0.2, 0.25) is 0 Å². The molecular weight excluding hydrogens is 410 g/mol. The maximum atomic E-state index is 10.8. The van der Waals surface area contributed by atoms with Crippen LogP contribution in [-0.2, 0) is 4.74 Å². The van der Waals surface area contributed by atoms with Gasteiger partial charge in [0, 0.05) is 17.8 Å². The SMILES string of the molecule is CC1CC23CCC(O2)C(=CCC2(C)CCC=C2c2ccc4ccncc4c2)C=C3C(O)C1O. The molecule has 2 N–H and O–H groups in total. The molecular formula is C29H33NO3. The van der Waals surface area contributed by atoms with Gasteiger partial charge in [-0.15, -0.1) is 0 Å². The average Bonchev–Trinajstić information content (AvgIpc) is 3.38. The van der Waals surface area contributed by atoms with E-state index in [1.54, 1.807) is 0 Å². The Morgan fingerprint density at radius 3 is 2.94 bits per heavy atom. The molecule has 1 aromatic heterocycles. The monoisotopic (exact) mass is 443 g/mol. The van der Waals surface area contributed by atoms with Crippen molar-refractivity contribution in [2.24, 2.45) is 11.3 Å². The van der Waals surface area contributed by atoms with Crippen molar-refractivity contribution in [1.29, 1.82) is 0 Å². The Labute approximate surface area is 195 Å². The Morgan fingerprint density at radius 1 is 1.18 bits per heavy atom. The predicted molar refractivity (Wildman–Crippen MR) is 130 cm³/mol. The molecule has 0 amide bonds. The van der Waals surface area contributed by atoms with E-state index >= 15 is 0 Å². The summed E-state index contributed by atoms with van der Waals surface area (Å²) in [5.41, 5.74) is 4.45. The third-order valence-corrected chi connectivity index (χ3v) is 8.71. The van der Waals surface area contributed by atoms with Gasteiger partial charge in [0.05, 0.1) is 17.8 Å². The van der Waals surface area contributed by atoms with Crippen molar-refractivity contribution >= 4 is 16.3 Å². The maximum Gasteiger partial charge on any atom is 0.104 e. The van der Waals surface area contributed by atoms with Crippen molar-refractivity contribution in [3.8, 4) is 0 Å². The molecule has 6 unspecified atom stereocenters. The van der Waals surface area contributed by atoms with E-state index in [4.69, 9.17) is 4.74 Å². The number of fused-ring (bicyclic) bond motifs is 2. The number of aliphatic hydroxyl groups is 2. The van der Waals surface area contributed by atoms with Crippen LogP contribution in [0, 0.1) is 11.3 Å². The van der Waals surface area contributed by atoms with Crippen molar-refractivity contribution in [3.63, 3.8) is 0 Å². The molecule has 2 bridgehead atoms. The molecule has 0 radical (unpaired) electrons. The lowest BCUT2D eigenvalue weighted by Gasteiger charge is -2.46. The first kappa shape index (κ1) is 21.3. The van der Waals surface area contributed by atoms with Crippen LogP contribution in [0.3, 0.4) is 0 Å². The molecule has 172 valence electrons. The van der Waals surface area contributed by atoms with Gasteiger partial charge < -0.3 is 14.9 Å². The second-order valence-electron chi connectivity index (χ2n) is 10.9. The summed E-state index contributed by atoms with van der Waals surface area (Å²) < 4.78 is 6.57. The van der Waals surface area contributed by atoms with E-state index in [0.717, 1.165) is 44.1 Å². The number of pyridine rings is 1. The van der Waals surface area contributed by atoms with Gasteiger partial charge in [0.15, 0.2) is 0 Å². The number of allylic oxidation sites excluding steroid dienone is 3. The van der Waals surface area contributed by atoms with Crippen molar-refractivity contribution in [2.75, 3.05) is 0 Å². The lowest BCUT2D eigenvalue weighted by atomic mass is 9.70. The molecule has 6 atom stereocenters. The zero-order valence-electron chi connectivity index (χ0n) is 19.5. The third kappa shape index (κ3) is 3.34. The number of hydrogen-bond donors (Lipinski definition) is 2. The first-order chi connectivity index (χ1) is 15.9. The van der Waals surface area contributed by atoms with Crippen molar-refractivity contribution < 1.29 is 14.9 Å². The first-order valence-electron chi connectivity index (χ1n) is 12.4. The molecule has 6 rings (SSSR count). The number of aliphatic hydroxyl groups excluding tert-OH is 2.